The standard InChI is InChI=1S/C18H22N2O4/c1-4-9-23-18(3,14-5-6-14)17(22)20-15-7-8-16(24-12(2)21)13(10-15)11-19/h7-8,10,14H,4-6,9H2,1-3H3,(H,20,22)/t18-/m0/s1. The van der Waals surface area contributed by atoms with E-state index < -0.39 is 11.6 Å². The summed E-state index contributed by atoms with van der Waals surface area (Å²) in [6.45, 7) is 5.60. The zero-order valence-electron chi connectivity index (χ0n) is 14.2. The molecule has 1 aromatic carbocycles. The minimum Gasteiger partial charge on any atom is -0.425 e. The Labute approximate surface area is 141 Å². The summed E-state index contributed by atoms with van der Waals surface area (Å²) in [5.74, 6) is -0.324. The van der Waals surface area contributed by atoms with Gasteiger partial charge < -0.3 is 14.8 Å². The van der Waals surface area contributed by atoms with E-state index in [0.29, 0.717) is 12.3 Å². The van der Waals surface area contributed by atoms with Gasteiger partial charge in [0.1, 0.15) is 17.4 Å². The van der Waals surface area contributed by atoms with Crippen molar-refractivity contribution in [3.05, 3.63) is 23.8 Å². The Morgan fingerprint density at radius 3 is 2.67 bits per heavy atom. The van der Waals surface area contributed by atoms with Gasteiger partial charge in [0.25, 0.3) is 5.91 Å². The molecule has 1 N–H and O–H groups in total. The van der Waals surface area contributed by atoms with Crippen LogP contribution in [-0.2, 0) is 14.3 Å². The predicted octanol–water partition coefficient (Wildman–Crippen LogP) is 3.02. The molecule has 0 radical (unpaired) electrons. The van der Waals surface area contributed by atoms with Crippen LogP contribution in [0.4, 0.5) is 5.69 Å². The van der Waals surface area contributed by atoms with Crippen molar-refractivity contribution in [2.45, 2.75) is 45.6 Å². The van der Waals surface area contributed by atoms with E-state index in [2.05, 4.69) is 5.32 Å². The molecular weight excluding hydrogens is 308 g/mol. The molecule has 0 aliphatic heterocycles. The summed E-state index contributed by atoms with van der Waals surface area (Å²) < 4.78 is 10.8. The average Bonchev–Trinajstić information content (AvgIpc) is 3.38. The highest BCUT2D eigenvalue weighted by Crippen LogP contribution is 2.42. The number of nitrogens with zero attached hydrogens (tertiary/aromatic N) is 1. The second kappa shape index (κ2) is 7.45. The Bertz CT molecular complexity index is 676. The molecule has 1 aliphatic rings. The lowest BCUT2D eigenvalue weighted by Gasteiger charge is -2.28. The normalized spacial score (nSPS) is 15.9. The zero-order valence-corrected chi connectivity index (χ0v) is 14.2. The number of carbonyl (C=O) groups is 2. The first-order chi connectivity index (χ1) is 11.4. The van der Waals surface area contributed by atoms with Crippen LogP contribution >= 0.6 is 0 Å². The van der Waals surface area contributed by atoms with Crippen molar-refractivity contribution in [3.8, 4) is 11.8 Å². The van der Waals surface area contributed by atoms with Crippen LogP contribution in [0.5, 0.6) is 5.75 Å². The van der Waals surface area contributed by atoms with Crippen LogP contribution in [-0.4, -0.2) is 24.1 Å². The van der Waals surface area contributed by atoms with Gasteiger partial charge in [-0.1, -0.05) is 6.92 Å². The molecule has 1 amide bonds. The molecule has 0 unspecified atom stereocenters. The number of ether oxygens (including phenoxy) is 2. The van der Waals surface area contributed by atoms with E-state index >= 15 is 0 Å². The van der Waals surface area contributed by atoms with E-state index in [0.717, 1.165) is 19.3 Å². The minimum atomic E-state index is -0.864. The molecular formula is C18H22N2O4. The van der Waals surface area contributed by atoms with Crippen molar-refractivity contribution >= 4 is 17.6 Å². The lowest BCUT2D eigenvalue weighted by Crippen LogP contribution is -2.45. The number of anilines is 1. The lowest BCUT2D eigenvalue weighted by atomic mass is 9.98. The summed E-state index contributed by atoms with van der Waals surface area (Å²) in [6, 6.07) is 6.55. The number of esters is 1. The highest BCUT2D eigenvalue weighted by atomic mass is 16.5. The number of rotatable bonds is 7. The highest BCUT2D eigenvalue weighted by molar-refractivity contribution is 5.97. The molecule has 0 spiro atoms. The van der Waals surface area contributed by atoms with Crippen LogP contribution in [0.3, 0.4) is 0 Å². The largest absolute Gasteiger partial charge is 0.425 e. The molecule has 1 saturated carbocycles. The third kappa shape index (κ3) is 4.12. The number of carbonyl (C=O) groups excluding carboxylic acids is 2. The molecule has 0 heterocycles. The SMILES string of the molecule is CCCO[C@](C)(C(=O)Nc1ccc(OC(C)=O)c(C#N)c1)C1CC1. The van der Waals surface area contributed by atoms with Gasteiger partial charge in [-0.05, 0) is 50.3 Å². The maximum absolute atomic E-state index is 12.7. The quantitative estimate of drug-likeness (QED) is 0.613. The van der Waals surface area contributed by atoms with Gasteiger partial charge in [0.15, 0.2) is 0 Å². The van der Waals surface area contributed by atoms with Gasteiger partial charge in [0, 0.05) is 19.2 Å². The van der Waals surface area contributed by atoms with Gasteiger partial charge >= 0.3 is 5.97 Å². The molecule has 6 heteroatoms. The van der Waals surface area contributed by atoms with E-state index in [1.54, 1.807) is 6.07 Å². The van der Waals surface area contributed by atoms with Crippen molar-refractivity contribution in [3.63, 3.8) is 0 Å². The van der Waals surface area contributed by atoms with Crippen LogP contribution in [0.1, 0.15) is 45.6 Å². The van der Waals surface area contributed by atoms with E-state index in [1.165, 1.54) is 19.1 Å². The first-order valence-corrected chi connectivity index (χ1v) is 8.08. The zero-order chi connectivity index (χ0) is 17.7. The number of nitriles is 1. The van der Waals surface area contributed by atoms with Gasteiger partial charge in [0.2, 0.25) is 0 Å². The Morgan fingerprint density at radius 2 is 2.12 bits per heavy atom. The molecule has 24 heavy (non-hydrogen) atoms. The number of benzene rings is 1. The highest BCUT2D eigenvalue weighted by Gasteiger charge is 2.48. The fourth-order valence-corrected chi connectivity index (χ4v) is 2.51. The fraction of sp³-hybridized carbons (Fsp3) is 0.500. The van der Waals surface area contributed by atoms with Crippen molar-refractivity contribution in [1.29, 1.82) is 5.26 Å². The summed E-state index contributed by atoms with van der Waals surface area (Å²) in [5, 5.41) is 12.0. The van der Waals surface area contributed by atoms with E-state index in [1.807, 2.05) is 19.9 Å². The van der Waals surface area contributed by atoms with Crippen molar-refractivity contribution in [1.82, 2.24) is 0 Å². The molecule has 1 atom stereocenters. The fourth-order valence-electron chi connectivity index (χ4n) is 2.51. The molecule has 0 aromatic heterocycles. The topological polar surface area (TPSA) is 88.4 Å². The van der Waals surface area contributed by atoms with Crippen molar-refractivity contribution in [2.24, 2.45) is 5.92 Å². The molecule has 1 fully saturated rings. The maximum Gasteiger partial charge on any atom is 0.308 e. The van der Waals surface area contributed by atoms with Gasteiger partial charge in [-0.15, -0.1) is 0 Å². The summed E-state index contributed by atoms with van der Waals surface area (Å²) in [4.78, 5) is 23.7. The molecule has 1 aliphatic carbocycles. The second-order valence-electron chi connectivity index (χ2n) is 6.10. The van der Waals surface area contributed by atoms with Crippen molar-refractivity contribution in [2.75, 3.05) is 11.9 Å². The van der Waals surface area contributed by atoms with Crippen LogP contribution < -0.4 is 10.1 Å². The first-order valence-electron chi connectivity index (χ1n) is 8.08. The lowest BCUT2D eigenvalue weighted by molar-refractivity contribution is -0.142. The Morgan fingerprint density at radius 1 is 1.42 bits per heavy atom. The Balaban J connectivity index is 2.16. The van der Waals surface area contributed by atoms with Gasteiger partial charge in [0.05, 0.1) is 5.56 Å². The summed E-state index contributed by atoms with van der Waals surface area (Å²) in [7, 11) is 0. The number of nitrogens with one attached hydrogen (secondary N) is 1. The van der Waals surface area contributed by atoms with Crippen molar-refractivity contribution < 1.29 is 19.1 Å². The summed E-state index contributed by atoms with van der Waals surface area (Å²) in [5.41, 5.74) is -0.206. The smallest absolute Gasteiger partial charge is 0.308 e. The second-order valence-corrected chi connectivity index (χ2v) is 6.10. The molecule has 2 rings (SSSR count). The number of hydrogen-bond acceptors (Lipinski definition) is 5. The van der Waals surface area contributed by atoms with Gasteiger partial charge in [-0.2, -0.15) is 5.26 Å². The van der Waals surface area contributed by atoms with Crippen LogP contribution in [0.25, 0.3) is 0 Å². The monoisotopic (exact) mass is 330 g/mol. The van der Waals surface area contributed by atoms with Gasteiger partial charge in [-0.25, -0.2) is 0 Å². The molecule has 0 bridgehead atoms. The summed E-state index contributed by atoms with van der Waals surface area (Å²) in [6.07, 6.45) is 2.79. The Kier molecular flexibility index (Phi) is 5.58. The van der Waals surface area contributed by atoms with E-state index in [9.17, 15) is 14.9 Å². The Hall–Kier alpha value is -2.39. The van der Waals surface area contributed by atoms with E-state index in [-0.39, 0.29) is 23.1 Å². The molecule has 128 valence electrons. The molecule has 6 nitrogen and oxygen atoms in total. The van der Waals surface area contributed by atoms with Gasteiger partial charge in [-0.3, -0.25) is 9.59 Å². The minimum absolute atomic E-state index is 0.176. The number of hydrogen-bond donors (Lipinski definition) is 1. The maximum atomic E-state index is 12.7. The van der Waals surface area contributed by atoms with Crippen LogP contribution in [0, 0.1) is 17.2 Å². The predicted molar refractivity (Wildman–Crippen MR) is 88.5 cm³/mol. The average molecular weight is 330 g/mol. The first kappa shape index (κ1) is 18.0. The molecule has 1 aromatic rings. The molecule has 0 saturated heterocycles. The van der Waals surface area contributed by atoms with E-state index in [4.69, 9.17) is 9.47 Å². The third-order valence-electron chi connectivity index (χ3n) is 4.02. The van der Waals surface area contributed by atoms with Crippen LogP contribution in [0.2, 0.25) is 0 Å². The number of amides is 1. The third-order valence-corrected chi connectivity index (χ3v) is 4.02. The van der Waals surface area contributed by atoms with Crippen LogP contribution in [0.15, 0.2) is 18.2 Å². The summed E-state index contributed by atoms with van der Waals surface area (Å²) >= 11 is 0.